The number of nitrogens with one attached hydrogen (secondary N) is 1. The maximum Gasteiger partial charge on any atom is 0.273 e. The molecule has 1 aliphatic rings. The van der Waals surface area contributed by atoms with Gasteiger partial charge in [0.15, 0.2) is 0 Å². The fourth-order valence-corrected chi connectivity index (χ4v) is 2.82. The summed E-state index contributed by atoms with van der Waals surface area (Å²) in [6, 6.07) is 0. The lowest BCUT2D eigenvalue weighted by Gasteiger charge is -2.26. The minimum Gasteiger partial charge on any atom is -0.369 e. The fourth-order valence-electron chi connectivity index (χ4n) is 2.82. The highest BCUT2D eigenvalue weighted by Crippen LogP contribution is 2.24. The summed E-state index contributed by atoms with van der Waals surface area (Å²) in [7, 11) is 1.86. The van der Waals surface area contributed by atoms with E-state index in [2.05, 4.69) is 22.2 Å². The van der Waals surface area contributed by atoms with E-state index in [4.69, 9.17) is 0 Å². The minimum atomic E-state index is -0.0323. The van der Waals surface area contributed by atoms with Gasteiger partial charge < -0.3 is 10.2 Å². The molecule has 1 aliphatic carbocycles. The quantitative estimate of drug-likeness (QED) is 0.875. The zero-order valence-electron chi connectivity index (χ0n) is 13.1. The largest absolute Gasteiger partial charge is 0.369 e. The van der Waals surface area contributed by atoms with Crippen molar-refractivity contribution in [1.82, 2.24) is 14.9 Å². The molecule has 116 valence electrons. The highest BCUT2D eigenvalue weighted by atomic mass is 16.2. The summed E-state index contributed by atoms with van der Waals surface area (Å²) >= 11 is 0. The molecule has 21 heavy (non-hydrogen) atoms. The van der Waals surface area contributed by atoms with Gasteiger partial charge in [0, 0.05) is 20.1 Å². The van der Waals surface area contributed by atoms with Crippen molar-refractivity contribution in [2.24, 2.45) is 5.92 Å². The summed E-state index contributed by atoms with van der Waals surface area (Å²) in [4.78, 5) is 22.6. The molecule has 0 radical (unpaired) electrons. The van der Waals surface area contributed by atoms with Gasteiger partial charge in [0.1, 0.15) is 11.5 Å². The number of carbonyl (C=O) groups excluding carboxylic acids is 1. The predicted molar refractivity (Wildman–Crippen MR) is 84.3 cm³/mol. The second-order valence-electron chi connectivity index (χ2n) is 5.90. The van der Waals surface area contributed by atoms with Gasteiger partial charge in [-0.15, -0.1) is 0 Å². The van der Waals surface area contributed by atoms with Gasteiger partial charge in [0.2, 0.25) is 0 Å². The Morgan fingerprint density at radius 2 is 2.05 bits per heavy atom. The number of carbonyl (C=O) groups is 1. The Morgan fingerprint density at radius 1 is 1.29 bits per heavy atom. The van der Waals surface area contributed by atoms with Gasteiger partial charge in [-0.05, 0) is 25.2 Å². The Kier molecular flexibility index (Phi) is 5.96. The Balaban J connectivity index is 1.88. The number of hydrogen-bond donors (Lipinski definition) is 1. The van der Waals surface area contributed by atoms with Crippen LogP contribution in [0.2, 0.25) is 0 Å². The van der Waals surface area contributed by atoms with Crippen LogP contribution in [0.25, 0.3) is 0 Å². The Hall–Kier alpha value is -1.65. The SMILES string of the molecule is CCCNc1cnc(C(=O)N(C)CC2CCCCC2)cn1. The number of anilines is 1. The molecule has 0 unspecified atom stereocenters. The molecule has 1 aromatic heterocycles. The molecule has 2 rings (SSSR count). The van der Waals surface area contributed by atoms with E-state index in [1.54, 1.807) is 17.3 Å². The van der Waals surface area contributed by atoms with Crippen LogP contribution >= 0.6 is 0 Å². The fraction of sp³-hybridized carbons (Fsp3) is 0.688. The normalized spacial score (nSPS) is 15.7. The van der Waals surface area contributed by atoms with Crippen LogP contribution in [0.15, 0.2) is 12.4 Å². The minimum absolute atomic E-state index is 0.0323. The second kappa shape index (κ2) is 7.96. The van der Waals surface area contributed by atoms with E-state index in [1.165, 1.54) is 32.1 Å². The molecule has 0 aromatic carbocycles. The molecular formula is C16H26N4O. The van der Waals surface area contributed by atoms with E-state index in [-0.39, 0.29) is 5.91 Å². The highest BCUT2D eigenvalue weighted by molar-refractivity contribution is 5.91. The number of hydrogen-bond acceptors (Lipinski definition) is 4. The maximum absolute atomic E-state index is 12.3. The molecule has 1 N–H and O–H groups in total. The summed E-state index contributed by atoms with van der Waals surface area (Å²) in [5.74, 6) is 1.34. The van der Waals surface area contributed by atoms with Crippen molar-refractivity contribution >= 4 is 11.7 Å². The van der Waals surface area contributed by atoms with Crippen molar-refractivity contribution < 1.29 is 4.79 Å². The number of nitrogens with zero attached hydrogens (tertiary/aromatic N) is 3. The average Bonchev–Trinajstić information content (AvgIpc) is 2.53. The third-order valence-corrected chi connectivity index (χ3v) is 4.03. The van der Waals surface area contributed by atoms with Crippen LogP contribution in [0.3, 0.4) is 0 Å². The Bertz CT molecular complexity index is 440. The van der Waals surface area contributed by atoms with Crippen molar-refractivity contribution in [3.8, 4) is 0 Å². The molecule has 0 saturated heterocycles. The maximum atomic E-state index is 12.3. The molecule has 1 fully saturated rings. The molecule has 1 amide bonds. The molecule has 0 aliphatic heterocycles. The monoisotopic (exact) mass is 290 g/mol. The van der Waals surface area contributed by atoms with Gasteiger partial charge in [0.25, 0.3) is 5.91 Å². The van der Waals surface area contributed by atoms with E-state index in [0.717, 1.165) is 25.3 Å². The Morgan fingerprint density at radius 3 is 2.67 bits per heavy atom. The third-order valence-electron chi connectivity index (χ3n) is 4.03. The van der Waals surface area contributed by atoms with Gasteiger partial charge in [-0.3, -0.25) is 4.79 Å². The molecule has 0 bridgehead atoms. The summed E-state index contributed by atoms with van der Waals surface area (Å²) in [5, 5.41) is 3.16. The summed E-state index contributed by atoms with van der Waals surface area (Å²) in [5.41, 5.74) is 0.426. The third kappa shape index (κ3) is 4.69. The molecule has 5 heteroatoms. The van der Waals surface area contributed by atoms with E-state index < -0.39 is 0 Å². The lowest BCUT2D eigenvalue weighted by atomic mass is 9.89. The molecule has 1 aromatic rings. The van der Waals surface area contributed by atoms with Crippen LogP contribution in [0.5, 0.6) is 0 Å². The Labute approximate surface area is 127 Å². The van der Waals surface area contributed by atoms with Gasteiger partial charge >= 0.3 is 0 Å². The topological polar surface area (TPSA) is 58.1 Å². The van der Waals surface area contributed by atoms with E-state index >= 15 is 0 Å². The lowest BCUT2D eigenvalue weighted by molar-refractivity contribution is 0.0754. The van der Waals surface area contributed by atoms with E-state index in [0.29, 0.717) is 11.6 Å². The second-order valence-corrected chi connectivity index (χ2v) is 5.90. The highest BCUT2D eigenvalue weighted by Gasteiger charge is 2.20. The van der Waals surface area contributed by atoms with Crippen LogP contribution in [0, 0.1) is 5.92 Å². The molecule has 1 heterocycles. The molecule has 1 saturated carbocycles. The molecule has 0 atom stereocenters. The van der Waals surface area contributed by atoms with E-state index in [1.807, 2.05) is 7.05 Å². The summed E-state index contributed by atoms with van der Waals surface area (Å²) in [6.45, 7) is 3.79. The predicted octanol–water partition coefficient (Wildman–Crippen LogP) is 2.95. The first-order valence-electron chi connectivity index (χ1n) is 8.02. The van der Waals surface area contributed by atoms with Gasteiger partial charge in [-0.2, -0.15) is 0 Å². The number of rotatable bonds is 6. The average molecular weight is 290 g/mol. The smallest absolute Gasteiger partial charge is 0.273 e. The van der Waals surface area contributed by atoms with Crippen molar-refractivity contribution in [2.45, 2.75) is 45.4 Å². The number of amides is 1. The van der Waals surface area contributed by atoms with Gasteiger partial charge in [-0.25, -0.2) is 9.97 Å². The molecular weight excluding hydrogens is 264 g/mol. The van der Waals surface area contributed by atoms with Crippen LogP contribution in [-0.2, 0) is 0 Å². The van der Waals surface area contributed by atoms with Crippen molar-refractivity contribution in [3.05, 3.63) is 18.1 Å². The zero-order valence-corrected chi connectivity index (χ0v) is 13.1. The molecule has 0 spiro atoms. The first kappa shape index (κ1) is 15.7. The van der Waals surface area contributed by atoms with Crippen LogP contribution < -0.4 is 5.32 Å². The first-order chi connectivity index (χ1) is 10.2. The summed E-state index contributed by atoms with van der Waals surface area (Å²) < 4.78 is 0. The van der Waals surface area contributed by atoms with Crippen molar-refractivity contribution in [2.75, 3.05) is 25.5 Å². The van der Waals surface area contributed by atoms with Crippen LogP contribution in [0.1, 0.15) is 55.9 Å². The van der Waals surface area contributed by atoms with Crippen molar-refractivity contribution in [3.63, 3.8) is 0 Å². The van der Waals surface area contributed by atoms with Crippen molar-refractivity contribution in [1.29, 1.82) is 0 Å². The van der Waals surface area contributed by atoms with Gasteiger partial charge in [-0.1, -0.05) is 26.2 Å². The number of aromatic nitrogens is 2. The first-order valence-corrected chi connectivity index (χ1v) is 8.02. The molecule has 5 nitrogen and oxygen atoms in total. The summed E-state index contributed by atoms with van der Waals surface area (Å²) in [6.07, 6.45) is 10.6. The standard InChI is InChI=1S/C16H26N4O/c1-3-9-17-15-11-18-14(10-19-15)16(21)20(2)12-13-7-5-4-6-8-13/h10-11,13H,3-9,12H2,1-2H3,(H,17,19). The van der Waals surface area contributed by atoms with Crippen LogP contribution in [0.4, 0.5) is 5.82 Å². The van der Waals surface area contributed by atoms with Gasteiger partial charge in [0.05, 0.1) is 12.4 Å². The van der Waals surface area contributed by atoms with Crippen LogP contribution in [-0.4, -0.2) is 40.9 Å². The zero-order chi connectivity index (χ0) is 15.1. The van der Waals surface area contributed by atoms with E-state index in [9.17, 15) is 4.79 Å². The lowest BCUT2D eigenvalue weighted by Crippen LogP contribution is -2.33.